The third-order valence-electron chi connectivity index (χ3n) is 4.11. The average molecular weight is 313 g/mol. The molecule has 0 radical (unpaired) electrons. The first kappa shape index (κ1) is 14.3. The molecule has 0 atom stereocenters. The van der Waals surface area contributed by atoms with Crippen LogP contribution in [0.4, 0.5) is 0 Å². The maximum absolute atomic E-state index is 12.6. The van der Waals surface area contributed by atoms with E-state index in [1.165, 1.54) is 0 Å². The zero-order chi connectivity index (χ0) is 16.5. The van der Waals surface area contributed by atoms with Crippen LogP contribution in [-0.4, -0.2) is 9.67 Å². The molecule has 3 nitrogen and oxygen atoms in total. The molecule has 0 spiro atoms. The topological polar surface area (TPSA) is 42.2 Å². The molecule has 1 aromatic heterocycles. The Bertz CT molecular complexity index is 1070. The predicted molar refractivity (Wildman–Crippen MR) is 96.6 cm³/mol. The molecule has 0 fully saturated rings. The van der Waals surface area contributed by atoms with E-state index >= 15 is 0 Å². The van der Waals surface area contributed by atoms with Crippen LogP contribution in [0.15, 0.2) is 89.7 Å². The molecule has 1 heterocycles. The summed E-state index contributed by atoms with van der Waals surface area (Å²) >= 11 is 0. The number of fused-ring (bicyclic) bond motifs is 1. The zero-order valence-corrected chi connectivity index (χ0v) is 12.9. The molecule has 0 aliphatic heterocycles. The van der Waals surface area contributed by atoms with Gasteiger partial charge in [0.1, 0.15) is 0 Å². The van der Waals surface area contributed by atoms with E-state index in [0.29, 0.717) is 11.1 Å². The lowest BCUT2D eigenvalue weighted by atomic mass is 10.1. The summed E-state index contributed by atoms with van der Waals surface area (Å²) in [5.41, 5.74) is 2.61. The first-order valence-corrected chi connectivity index (χ1v) is 7.75. The SMILES string of the molecule is O=c1c(O)c(-c2ccccc2)n(-c2ccccc2)c2ccccc12. The average Bonchev–Trinajstić information content (AvgIpc) is 2.66. The molecular formula is C21H15NO2. The third kappa shape index (κ3) is 2.18. The molecule has 0 saturated heterocycles. The lowest BCUT2D eigenvalue weighted by Crippen LogP contribution is -2.11. The molecule has 3 aromatic carbocycles. The van der Waals surface area contributed by atoms with Crippen LogP contribution in [0.1, 0.15) is 0 Å². The molecule has 1 N–H and O–H groups in total. The molecule has 24 heavy (non-hydrogen) atoms. The number of para-hydroxylation sites is 2. The monoisotopic (exact) mass is 313 g/mol. The summed E-state index contributed by atoms with van der Waals surface area (Å²) < 4.78 is 1.93. The summed E-state index contributed by atoms with van der Waals surface area (Å²) in [6.07, 6.45) is 0. The molecule has 0 aliphatic carbocycles. The maximum Gasteiger partial charge on any atom is 0.231 e. The van der Waals surface area contributed by atoms with Gasteiger partial charge in [-0.2, -0.15) is 0 Å². The minimum absolute atomic E-state index is 0.233. The largest absolute Gasteiger partial charge is 0.503 e. The van der Waals surface area contributed by atoms with Crippen LogP contribution in [0.25, 0.3) is 27.8 Å². The highest BCUT2D eigenvalue weighted by Crippen LogP contribution is 2.32. The van der Waals surface area contributed by atoms with Gasteiger partial charge in [-0.3, -0.25) is 4.79 Å². The second-order valence-electron chi connectivity index (χ2n) is 5.58. The quantitative estimate of drug-likeness (QED) is 0.597. The Kier molecular flexibility index (Phi) is 3.39. The number of aromatic nitrogens is 1. The van der Waals surface area contributed by atoms with Gasteiger partial charge in [-0.25, -0.2) is 0 Å². The molecule has 4 rings (SSSR count). The summed E-state index contributed by atoms with van der Waals surface area (Å²) in [5, 5.41) is 11.2. The molecule has 0 aliphatic rings. The Labute approximate surface area is 139 Å². The van der Waals surface area contributed by atoms with Gasteiger partial charge in [0, 0.05) is 16.6 Å². The first-order chi connectivity index (χ1) is 11.8. The van der Waals surface area contributed by atoms with Crippen molar-refractivity contribution >= 4 is 10.9 Å². The lowest BCUT2D eigenvalue weighted by molar-refractivity contribution is 0.470. The molecule has 0 amide bonds. The molecular weight excluding hydrogens is 298 g/mol. The number of pyridine rings is 1. The maximum atomic E-state index is 12.6. The van der Waals surface area contributed by atoms with Crippen LogP contribution in [0.2, 0.25) is 0 Å². The standard InChI is InChI=1S/C21H15NO2/c23-20-17-13-7-8-14-18(17)22(16-11-5-2-6-12-16)19(21(20)24)15-9-3-1-4-10-15/h1-14,24H. The fraction of sp³-hybridized carbons (Fsp3) is 0. The molecule has 0 unspecified atom stereocenters. The molecule has 116 valence electrons. The third-order valence-corrected chi connectivity index (χ3v) is 4.11. The van der Waals surface area contributed by atoms with Crippen LogP contribution >= 0.6 is 0 Å². The minimum atomic E-state index is -0.350. The van der Waals surface area contributed by atoms with Gasteiger partial charge in [-0.15, -0.1) is 0 Å². The smallest absolute Gasteiger partial charge is 0.231 e. The van der Waals surface area contributed by atoms with Gasteiger partial charge in [-0.1, -0.05) is 60.7 Å². The van der Waals surface area contributed by atoms with Crippen LogP contribution < -0.4 is 5.43 Å². The van der Waals surface area contributed by atoms with E-state index in [2.05, 4.69) is 0 Å². The number of hydrogen-bond acceptors (Lipinski definition) is 2. The normalized spacial score (nSPS) is 10.8. The van der Waals surface area contributed by atoms with E-state index in [1.54, 1.807) is 12.1 Å². The summed E-state index contributed by atoms with van der Waals surface area (Å²) in [5.74, 6) is -0.233. The van der Waals surface area contributed by atoms with Crippen molar-refractivity contribution in [3.05, 3.63) is 95.2 Å². The van der Waals surface area contributed by atoms with Crippen LogP contribution in [0.3, 0.4) is 0 Å². The highest BCUT2D eigenvalue weighted by Gasteiger charge is 2.18. The van der Waals surface area contributed by atoms with E-state index in [-0.39, 0.29) is 11.2 Å². The second kappa shape index (κ2) is 5.70. The Balaban J connectivity index is 2.22. The van der Waals surface area contributed by atoms with Gasteiger partial charge in [-0.05, 0) is 24.3 Å². The second-order valence-corrected chi connectivity index (χ2v) is 5.58. The van der Waals surface area contributed by atoms with Gasteiger partial charge in [0.15, 0.2) is 5.75 Å². The molecule has 0 saturated carbocycles. The number of hydrogen-bond donors (Lipinski definition) is 1. The van der Waals surface area contributed by atoms with Crippen LogP contribution in [0, 0.1) is 0 Å². The summed E-state index contributed by atoms with van der Waals surface area (Å²) in [6, 6.07) is 26.6. The van der Waals surface area contributed by atoms with Crippen molar-refractivity contribution in [2.75, 3.05) is 0 Å². The van der Waals surface area contributed by atoms with Crippen molar-refractivity contribution < 1.29 is 5.11 Å². The molecule has 3 heteroatoms. The van der Waals surface area contributed by atoms with Crippen molar-refractivity contribution in [3.8, 4) is 22.7 Å². The lowest BCUT2D eigenvalue weighted by Gasteiger charge is -2.18. The first-order valence-electron chi connectivity index (χ1n) is 7.75. The Hall–Kier alpha value is -3.33. The Morgan fingerprint density at radius 2 is 1.29 bits per heavy atom. The van der Waals surface area contributed by atoms with E-state index in [0.717, 1.165) is 16.8 Å². The van der Waals surface area contributed by atoms with Gasteiger partial charge in [0.25, 0.3) is 0 Å². The van der Waals surface area contributed by atoms with E-state index < -0.39 is 0 Å². The van der Waals surface area contributed by atoms with Gasteiger partial charge in [0.05, 0.1) is 11.2 Å². The highest BCUT2D eigenvalue weighted by molar-refractivity contribution is 5.87. The van der Waals surface area contributed by atoms with Gasteiger partial charge < -0.3 is 9.67 Å². The van der Waals surface area contributed by atoms with E-state index in [9.17, 15) is 9.90 Å². The molecule has 4 aromatic rings. The number of benzene rings is 3. The number of rotatable bonds is 2. The Morgan fingerprint density at radius 1 is 0.708 bits per heavy atom. The van der Waals surface area contributed by atoms with Gasteiger partial charge >= 0.3 is 0 Å². The summed E-state index contributed by atoms with van der Waals surface area (Å²) in [4.78, 5) is 12.6. The van der Waals surface area contributed by atoms with Crippen molar-refractivity contribution in [3.63, 3.8) is 0 Å². The molecule has 0 bridgehead atoms. The number of aromatic hydroxyl groups is 1. The minimum Gasteiger partial charge on any atom is -0.503 e. The summed E-state index contributed by atoms with van der Waals surface area (Å²) in [7, 11) is 0. The zero-order valence-electron chi connectivity index (χ0n) is 12.9. The van der Waals surface area contributed by atoms with E-state index in [4.69, 9.17) is 0 Å². The number of nitrogens with zero attached hydrogens (tertiary/aromatic N) is 1. The van der Waals surface area contributed by atoms with E-state index in [1.807, 2.05) is 77.4 Å². The fourth-order valence-corrected chi connectivity index (χ4v) is 3.03. The highest BCUT2D eigenvalue weighted by atomic mass is 16.3. The van der Waals surface area contributed by atoms with Crippen molar-refractivity contribution in [2.45, 2.75) is 0 Å². The van der Waals surface area contributed by atoms with Crippen LogP contribution in [-0.2, 0) is 0 Å². The van der Waals surface area contributed by atoms with Gasteiger partial charge in [0.2, 0.25) is 5.43 Å². The van der Waals surface area contributed by atoms with Crippen molar-refractivity contribution in [2.24, 2.45) is 0 Å². The fourth-order valence-electron chi connectivity index (χ4n) is 3.03. The Morgan fingerprint density at radius 3 is 2.00 bits per heavy atom. The van der Waals surface area contributed by atoms with Crippen molar-refractivity contribution in [1.82, 2.24) is 4.57 Å². The van der Waals surface area contributed by atoms with Crippen LogP contribution in [0.5, 0.6) is 5.75 Å². The van der Waals surface area contributed by atoms with Crippen molar-refractivity contribution in [1.29, 1.82) is 0 Å². The predicted octanol–water partition coefficient (Wildman–Crippen LogP) is 4.36. The summed E-state index contributed by atoms with van der Waals surface area (Å²) in [6.45, 7) is 0.